The first kappa shape index (κ1) is 22.2. The van der Waals surface area contributed by atoms with Gasteiger partial charge in [-0.25, -0.2) is 8.42 Å². The fourth-order valence-corrected chi connectivity index (χ4v) is 4.19. The van der Waals surface area contributed by atoms with E-state index in [-0.39, 0.29) is 10.5 Å². The fourth-order valence-electron chi connectivity index (χ4n) is 3.39. The van der Waals surface area contributed by atoms with Crippen LogP contribution in [0.3, 0.4) is 0 Å². The maximum Gasteiger partial charge on any atom is 0.271 e. The summed E-state index contributed by atoms with van der Waals surface area (Å²) in [6.45, 7) is 3.11. The van der Waals surface area contributed by atoms with Gasteiger partial charge in [0.1, 0.15) is 0 Å². The first-order valence-corrected chi connectivity index (χ1v) is 11.7. The molecular weight excluding hydrogens is 430 g/mol. The Morgan fingerprint density at radius 1 is 1.10 bits per heavy atom. The molecule has 2 aromatic carbocycles. The summed E-state index contributed by atoms with van der Waals surface area (Å²) >= 11 is 5.93. The molecule has 30 heavy (non-hydrogen) atoms. The molecule has 0 spiro atoms. The molecule has 0 radical (unpaired) electrons. The minimum Gasteiger partial charge on any atom is -0.337 e. The Kier molecular flexibility index (Phi) is 6.74. The van der Waals surface area contributed by atoms with Crippen LogP contribution in [0, 0.1) is 10.1 Å². The molecule has 1 amide bonds. The van der Waals surface area contributed by atoms with Crippen molar-refractivity contribution in [3.63, 3.8) is 0 Å². The van der Waals surface area contributed by atoms with E-state index >= 15 is 0 Å². The molecular formula is C20H22ClN3O5S. The van der Waals surface area contributed by atoms with Crippen molar-refractivity contribution in [1.82, 2.24) is 9.80 Å². The highest BCUT2D eigenvalue weighted by molar-refractivity contribution is 7.90. The van der Waals surface area contributed by atoms with Gasteiger partial charge in [0.25, 0.3) is 11.6 Å². The molecule has 0 unspecified atom stereocenters. The summed E-state index contributed by atoms with van der Waals surface area (Å²) in [4.78, 5) is 27.1. The van der Waals surface area contributed by atoms with Crippen LogP contribution in [0.2, 0.25) is 5.02 Å². The Morgan fingerprint density at radius 3 is 2.43 bits per heavy atom. The van der Waals surface area contributed by atoms with Gasteiger partial charge in [0.2, 0.25) is 0 Å². The van der Waals surface area contributed by atoms with Crippen LogP contribution in [0.25, 0.3) is 0 Å². The molecule has 1 saturated heterocycles. The molecule has 0 bridgehead atoms. The summed E-state index contributed by atoms with van der Waals surface area (Å²) < 4.78 is 23.8. The van der Waals surface area contributed by atoms with Gasteiger partial charge in [0.15, 0.2) is 9.84 Å². The second-order valence-corrected chi connectivity index (χ2v) is 9.75. The highest BCUT2D eigenvalue weighted by Crippen LogP contribution is 2.23. The van der Waals surface area contributed by atoms with E-state index in [9.17, 15) is 23.3 Å². The Bertz CT molecular complexity index is 1060. The summed E-state index contributed by atoms with van der Waals surface area (Å²) in [6, 6.07) is 10.9. The molecule has 2 aromatic rings. The van der Waals surface area contributed by atoms with Gasteiger partial charge in [-0.2, -0.15) is 0 Å². The molecule has 0 aromatic heterocycles. The molecule has 0 aliphatic carbocycles. The number of amides is 1. The molecule has 160 valence electrons. The SMILES string of the molecule is CS(=O)(=O)c1cc(C(=O)N2CCCN(Cc3ccc(Cl)cc3)CC2)cc([N+](=O)[O-])c1. The van der Waals surface area contributed by atoms with Gasteiger partial charge < -0.3 is 4.90 Å². The van der Waals surface area contributed by atoms with Crippen LogP contribution in [0.1, 0.15) is 22.3 Å². The van der Waals surface area contributed by atoms with E-state index < -0.39 is 26.4 Å². The summed E-state index contributed by atoms with van der Waals surface area (Å²) in [5, 5.41) is 11.9. The third-order valence-corrected chi connectivity index (χ3v) is 6.32. The average molecular weight is 452 g/mol. The third kappa shape index (κ3) is 5.56. The van der Waals surface area contributed by atoms with Crippen molar-refractivity contribution in [2.45, 2.75) is 17.9 Å². The molecule has 0 saturated carbocycles. The number of nitro groups is 1. The van der Waals surface area contributed by atoms with E-state index in [1.807, 2.05) is 24.3 Å². The van der Waals surface area contributed by atoms with Crippen molar-refractivity contribution in [3.8, 4) is 0 Å². The molecule has 1 aliphatic rings. The number of carbonyl (C=O) groups excluding carboxylic acids is 1. The lowest BCUT2D eigenvalue weighted by molar-refractivity contribution is -0.385. The predicted molar refractivity (Wildman–Crippen MR) is 113 cm³/mol. The highest BCUT2D eigenvalue weighted by Gasteiger charge is 2.24. The normalized spacial score (nSPS) is 15.6. The zero-order valence-corrected chi connectivity index (χ0v) is 18.0. The van der Waals surface area contributed by atoms with Crippen molar-refractivity contribution in [1.29, 1.82) is 0 Å². The van der Waals surface area contributed by atoms with Gasteiger partial charge in [-0.05, 0) is 30.2 Å². The first-order valence-electron chi connectivity index (χ1n) is 9.39. The first-order chi connectivity index (χ1) is 14.1. The summed E-state index contributed by atoms with van der Waals surface area (Å²) in [6.07, 6.45) is 1.70. The van der Waals surface area contributed by atoms with E-state index in [1.54, 1.807) is 4.90 Å². The number of halogens is 1. The lowest BCUT2D eigenvalue weighted by atomic mass is 10.1. The number of non-ortho nitro benzene ring substituents is 1. The van der Waals surface area contributed by atoms with Crippen LogP contribution < -0.4 is 0 Å². The largest absolute Gasteiger partial charge is 0.337 e. The number of hydrogen-bond acceptors (Lipinski definition) is 6. The van der Waals surface area contributed by atoms with Crippen LogP contribution in [0.15, 0.2) is 47.4 Å². The topological polar surface area (TPSA) is 101 Å². The van der Waals surface area contributed by atoms with Gasteiger partial charge in [-0.1, -0.05) is 23.7 Å². The zero-order chi connectivity index (χ0) is 21.9. The molecule has 3 rings (SSSR count). The Balaban J connectivity index is 1.75. The molecule has 10 heteroatoms. The monoisotopic (exact) mass is 451 g/mol. The van der Waals surface area contributed by atoms with Gasteiger partial charge in [-0.15, -0.1) is 0 Å². The van der Waals surface area contributed by atoms with E-state index in [4.69, 9.17) is 11.6 Å². The van der Waals surface area contributed by atoms with Crippen molar-refractivity contribution in [3.05, 3.63) is 68.7 Å². The van der Waals surface area contributed by atoms with Crippen LogP contribution >= 0.6 is 11.6 Å². The second-order valence-electron chi connectivity index (χ2n) is 7.29. The minimum absolute atomic E-state index is 0.00998. The van der Waals surface area contributed by atoms with Crippen LogP contribution in [0.4, 0.5) is 5.69 Å². The zero-order valence-electron chi connectivity index (χ0n) is 16.5. The maximum absolute atomic E-state index is 13.0. The predicted octanol–water partition coefficient (Wildman–Crippen LogP) is 3.00. The highest BCUT2D eigenvalue weighted by atomic mass is 35.5. The number of benzene rings is 2. The Hall–Kier alpha value is -2.49. The summed E-state index contributed by atoms with van der Waals surface area (Å²) in [5.41, 5.74) is 0.715. The maximum atomic E-state index is 13.0. The van der Waals surface area contributed by atoms with E-state index in [1.165, 1.54) is 6.07 Å². The smallest absolute Gasteiger partial charge is 0.271 e. The van der Waals surface area contributed by atoms with Crippen molar-refractivity contribution in [2.75, 3.05) is 32.4 Å². The van der Waals surface area contributed by atoms with Crippen molar-refractivity contribution >= 4 is 33.0 Å². The number of sulfone groups is 1. The second kappa shape index (κ2) is 9.11. The van der Waals surface area contributed by atoms with Crippen LogP contribution in [-0.4, -0.2) is 61.5 Å². The lowest BCUT2D eigenvalue weighted by Gasteiger charge is -2.22. The number of nitro benzene ring substituents is 1. The van der Waals surface area contributed by atoms with Gasteiger partial charge in [0, 0.05) is 61.7 Å². The lowest BCUT2D eigenvalue weighted by Crippen LogP contribution is -2.35. The molecule has 8 nitrogen and oxygen atoms in total. The Morgan fingerprint density at radius 2 is 1.80 bits per heavy atom. The van der Waals surface area contributed by atoms with Gasteiger partial charge in [0.05, 0.1) is 9.82 Å². The third-order valence-electron chi connectivity index (χ3n) is 4.97. The molecule has 0 N–H and O–H groups in total. The van der Waals surface area contributed by atoms with E-state index in [0.29, 0.717) is 24.7 Å². The van der Waals surface area contributed by atoms with E-state index in [2.05, 4.69) is 4.90 Å². The van der Waals surface area contributed by atoms with Crippen LogP contribution in [-0.2, 0) is 16.4 Å². The molecule has 1 heterocycles. The summed E-state index contributed by atoms with van der Waals surface area (Å²) in [5.74, 6) is -0.406. The minimum atomic E-state index is -3.69. The van der Waals surface area contributed by atoms with Crippen molar-refractivity contribution < 1.29 is 18.1 Å². The quantitative estimate of drug-likeness (QED) is 0.511. The molecule has 1 fully saturated rings. The Labute approximate surface area is 180 Å². The number of carbonyl (C=O) groups is 1. The summed E-state index contributed by atoms with van der Waals surface area (Å²) in [7, 11) is -3.69. The van der Waals surface area contributed by atoms with Crippen molar-refractivity contribution in [2.24, 2.45) is 0 Å². The van der Waals surface area contributed by atoms with Gasteiger partial charge >= 0.3 is 0 Å². The molecule has 0 atom stereocenters. The number of rotatable bonds is 5. The van der Waals surface area contributed by atoms with Gasteiger partial charge in [-0.3, -0.25) is 19.8 Å². The fraction of sp³-hybridized carbons (Fsp3) is 0.350. The van der Waals surface area contributed by atoms with Crippen LogP contribution in [0.5, 0.6) is 0 Å². The average Bonchev–Trinajstić information content (AvgIpc) is 2.93. The number of hydrogen-bond donors (Lipinski definition) is 0. The number of nitrogens with zero attached hydrogens (tertiary/aromatic N) is 3. The van der Waals surface area contributed by atoms with E-state index in [0.717, 1.165) is 43.5 Å². The standard InChI is InChI=1S/C20H22ClN3O5S/c1-30(28,29)19-12-16(11-18(13-19)24(26)27)20(25)23-8-2-7-22(9-10-23)14-15-3-5-17(21)6-4-15/h3-6,11-13H,2,7-10,14H2,1H3. The molecule has 1 aliphatic heterocycles.